The predicted molar refractivity (Wildman–Crippen MR) is 109 cm³/mol. The lowest BCUT2D eigenvalue weighted by Gasteiger charge is -2.15. The molecular formula is C22H19ClF3NO5. The fourth-order valence-corrected chi connectivity index (χ4v) is 3.14. The number of ether oxygens (including phenoxy) is 3. The number of halogens is 4. The fourth-order valence-electron chi connectivity index (χ4n) is 2.98. The summed E-state index contributed by atoms with van der Waals surface area (Å²) in [5.74, 6) is -0.734. The summed E-state index contributed by atoms with van der Waals surface area (Å²) in [6.07, 6.45) is -3.33. The molecule has 0 aliphatic carbocycles. The number of hydrogen-bond acceptors (Lipinski definition) is 6. The highest BCUT2D eigenvalue weighted by atomic mass is 35.5. The van der Waals surface area contributed by atoms with E-state index in [1.54, 1.807) is 43.3 Å². The van der Waals surface area contributed by atoms with Gasteiger partial charge < -0.3 is 18.7 Å². The molecule has 1 atom stereocenters. The highest BCUT2D eigenvalue weighted by Gasteiger charge is 2.32. The van der Waals surface area contributed by atoms with Crippen LogP contribution in [0.3, 0.4) is 0 Å². The van der Waals surface area contributed by atoms with Gasteiger partial charge in [0.15, 0.2) is 0 Å². The smallest absolute Gasteiger partial charge is 0.489 e. The highest BCUT2D eigenvalue weighted by molar-refractivity contribution is 6.32. The molecule has 0 N–H and O–H groups in total. The van der Waals surface area contributed by atoms with Gasteiger partial charge in [-0.1, -0.05) is 35.0 Å². The van der Waals surface area contributed by atoms with Crippen LogP contribution in [0.2, 0.25) is 5.02 Å². The molecule has 0 saturated carbocycles. The molecule has 2 aromatic carbocycles. The monoisotopic (exact) mass is 469 g/mol. The largest absolute Gasteiger partial charge is 0.573 e. The summed E-state index contributed by atoms with van der Waals surface area (Å²) in [5.41, 5.74) is 1.83. The number of carbonyl (C=O) groups is 1. The Balaban J connectivity index is 1.69. The molecule has 0 aliphatic rings. The average molecular weight is 470 g/mol. The van der Waals surface area contributed by atoms with Gasteiger partial charge in [0.2, 0.25) is 0 Å². The van der Waals surface area contributed by atoms with Crippen molar-refractivity contribution >= 4 is 17.6 Å². The van der Waals surface area contributed by atoms with Crippen LogP contribution in [0, 0.1) is 0 Å². The highest BCUT2D eigenvalue weighted by Crippen LogP contribution is 2.32. The number of benzene rings is 2. The molecule has 1 heterocycles. The maximum absolute atomic E-state index is 12.5. The number of esters is 1. The third kappa shape index (κ3) is 6.65. The average Bonchev–Trinajstić information content (AvgIpc) is 3.27. The second-order valence-electron chi connectivity index (χ2n) is 6.66. The molecule has 3 aromatic rings. The van der Waals surface area contributed by atoms with Crippen molar-refractivity contribution < 1.29 is 36.7 Å². The first-order valence-electron chi connectivity index (χ1n) is 9.58. The number of alkyl halides is 3. The summed E-state index contributed by atoms with van der Waals surface area (Å²) in [5, 5.41) is 3.77. The molecule has 170 valence electrons. The molecule has 0 aliphatic heterocycles. The Labute approximate surface area is 186 Å². The summed E-state index contributed by atoms with van der Waals surface area (Å²) in [7, 11) is 0. The predicted octanol–water partition coefficient (Wildman–Crippen LogP) is 5.89. The zero-order valence-corrected chi connectivity index (χ0v) is 17.7. The molecule has 32 heavy (non-hydrogen) atoms. The fraction of sp³-hybridized carbons (Fsp3) is 0.273. The molecule has 0 amide bonds. The van der Waals surface area contributed by atoms with Gasteiger partial charge >= 0.3 is 12.3 Å². The van der Waals surface area contributed by atoms with E-state index in [1.165, 1.54) is 18.4 Å². The van der Waals surface area contributed by atoms with E-state index < -0.39 is 12.1 Å². The lowest BCUT2D eigenvalue weighted by atomic mass is 9.92. The Bertz CT molecular complexity index is 1020. The van der Waals surface area contributed by atoms with Crippen molar-refractivity contribution in [2.75, 3.05) is 6.61 Å². The van der Waals surface area contributed by atoms with Crippen molar-refractivity contribution in [3.63, 3.8) is 0 Å². The SMILES string of the molecule is CCOC(=O)C[C@@H](c1ccc(OCc2ccc(Cl)c(OC(F)(F)F)c2)cc1)c1ccon1. The molecule has 0 saturated heterocycles. The van der Waals surface area contributed by atoms with Gasteiger partial charge in [0.1, 0.15) is 24.4 Å². The third-order valence-electron chi connectivity index (χ3n) is 4.40. The number of hydrogen-bond donors (Lipinski definition) is 0. The standard InChI is InChI=1S/C22H19ClF3NO5/c1-2-29-21(28)12-17(19-9-10-31-27-19)15-4-6-16(7-5-15)30-13-14-3-8-18(23)20(11-14)32-22(24,25)26/h3-11,17H,2,12-13H2,1H3/t17-/m0/s1. The van der Waals surface area contributed by atoms with Crippen molar-refractivity contribution in [1.29, 1.82) is 0 Å². The van der Waals surface area contributed by atoms with Gasteiger partial charge in [-0.15, -0.1) is 13.2 Å². The van der Waals surface area contributed by atoms with Crippen molar-refractivity contribution in [1.82, 2.24) is 5.16 Å². The van der Waals surface area contributed by atoms with Crippen LogP contribution in [0.1, 0.15) is 36.1 Å². The normalized spacial score (nSPS) is 12.3. The van der Waals surface area contributed by atoms with Crippen LogP contribution in [-0.2, 0) is 16.1 Å². The van der Waals surface area contributed by atoms with E-state index in [0.717, 1.165) is 5.56 Å². The summed E-state index contributed by atoms with van der Waals surface area (Å²) < 4.78 is 56.9. The van der Waals surface area contributed by atoms with Gasteiger partial charge in [0.25, 0.3) is 0 Å². The zero-order chi connectivity index (χ0) is 23.1. The summed E-state index contributed by atoms with van der Waals surface area (Å²) in [4.78, 5) is 12.0. The summed E-state index contributed by atoms with van der Waals surface area (Å²) in [6.45, 7) is 2.01. The van der Waals surface area contributed by atoms with Crippen LogP contribution < -0.4 is 9.47 Å². The molecule has 10 heteroatoms. The molecule has 1 aromatic heterocycles. The van der Waals surface area contributed by atoms with Crippen LogP contribution in [-0.4, -0.2) is 24.1 Å². The molecule has 0 fully saturated rings. The van der Waals surface area contributed by atoms with E-state index in [4.69, 9.17) is 25.6 Å². The molecule has 6 nitrogen and oxygen atoms in total. The first kappa shape index (κ1) is 23.5. The number of carbonyl (C=O) groups excluding carboxylic acids is 1. The maximum Gasteiger partial charge on any atom is 0.573 e. The van der Waals surface area contributed by atoms with Crippen molar-refractivity contribution in [3.05, 3.63) is 76.6 Å². The van der Waals surface area contributed by atoms with Gasteiger partial charge in [-0.2, -0.15) is 0 Å². The van der Waals surface area contributed by atoms with Gasteiger partial charge in [-0.3, -0.25) is 4.79 Å². The van der Waals surface area contributed by atoms with Crippen molar-refractivity contribution in [3.8, 4) is 11.5 Å². The van der Waals surface area contributed by atoms with E-state index in [-0.39, 0.29) is 36.5 Å². The van der Waals surface area contributed by atoms with Gasteiger partial charge in [-0.25, -0.2) is 0 Å². The van der Waals surface area contributed by atoms with E-state index in [9.17, 15) is 18.0 Å². The van der Waals surface area contributed by atoms with E-state index in [1.807, 2.05) is 0 Å². The van der Waals surface area contributed by atoms with Crippen molar-refractivity contribution in [2.24, 2.45) is 0 Å². The topological polar surface area (TPSA) is 70.8 Å². The molecule has 0 unspecified atom stereocenters. The van der Waals surface area contributed by atoms with Gasteiger partial charge in [0, 0.05) is 12.0 Å². The molecule has 0 radical (unpaired) electrons. The third-order valence-corrected chi connectivity index (χ3v) is 4.71. The minimum absolute atomic E-state index is 0.000271. The lowest BCUT2D eigenvalue weighted by Crippen LogP contribution is -2.17. The van der Waals surface area contributed by atoms with E-state index in [2.05, 4.69) is 9.89 Å². The van der Waals surface area contributed by atoms with E-state index >= 15 is 0 Å². The second kappa shape index (κ2) is 10.4. The molecule has 0 bridgehead atoms. The first-order chi connectivity index (χ1) is 15.2. The Hall–Kier alpha value is -3.20. The summed E-state index contributed by atoms with van der Waals surface area (Å²) in [6, 6.07) is 12.6. The number of rotatable bonds is 9. The minimum Gasteiger partial charge on any atom is -0.489 e. The number of nitrogens with zero attached hydrogens (tertiary/aromatic N) is 1. The van der Waals surface area contributed by atoms with E-state index in [0.29, 0.717) is 17.0 Å². The Morgan fingerprint density at radius 3 is 2.53 bits per heavy atom. The Morgan fingerprint density at radius 2 is 1.91 bits per heavy atom. The Kier molecular flexibility index (Phi) is 7.63. The van der Waals surface area contributed by atoms with Crippen LogP contribution >= 0.6 is 11.6 Å². The van der Waals surface area contributed by atoms with Gasteiger partial charge in [0.05, 0.1) is 23.7 Å². The quantitative estimate of drug-likeness (QED) is 0.364. The van der Waals surface area contributed by atoms with Gasteiger partial charge in [-0.05, 0) is 42.3 Å². The Morgan fingerprint density at radius 1 is 1.16 bits per heavy atom. The molecular weight excluding hydrogens is 451 g/mol. The van der Waals surface area contributed by atoms with Crippen LogP contribution in [0.5, 0.6) is 11.5 Å². The lowest BCUT2D eigenvalue weighted by molar-refractivity contribution is -0.274. The van der Waals surface area contributed by atoms with Crippen LogP contribution in [0.25, 0.3) is 0 Å². The number of aromatic nitrogens is 1. The van der Waals surface area contributed by atoms with Crippen molar-refractivity contribution in [2.45, 2.75) is 32.2 Å². The second-order valence-corrected chi connectivity index (χ2v) is 7.06. The maximum atomic E-state index is 12.5. The summed E-state index contributed by atoms with van der Waals surface area (Å²) >= 11 is 5.75. The minimum atomic E-state index is -4.84. The van der Waals surface area contributed by atoms with Crippen LogP contribution in [0.15, 0.2) is 59.3 Å². The first-order valence-corrected chi connectivity index (χ1v) is 9.95. The zero-order valence-electron chi connectivity index (χ0n) is 16.9. The van der Waals surface area contributed by atoms with Crippen LogP contribution in [0.4, 0.5) is 13.2 Å². The molecule has 3 rings (SSSR count). The molecule has 0 spiro atoms.